The number of tetrazole rings is 1. The van der Waals surface area contributed by atoms with Gasteiger partial charge >= 0.3 is 0 Å². The summed E-state index contributed by atoms with van der Waals surface area (Å²) in [6.07, 6.45) is 3.69. The lowest BCUT2D eigenvalue weighted by atomic mass is 10.1. The van der Waals surface area contributed by atoms with E-state index in [2.05, 4.69) is 25.8 Å². The monoisotopic (exact) mass is 442 g/mol. The van der Waals surface area contributed by atoms with Crippen LogP contribution in [0.4, 0.5) is 5.69 Å². The van der Waals surface area contributed by atoms with Gasteiger partial charge in [-0.3, -0.25) is 4.79 Å². The van der Waals surface area contributed by atoms with Gasteiger partial charge in [0.25, 0.3) is 0 Å². The fourth-order valence-electron chi connectivity index (χ4n) is 2.95. The molecule has 0 aliphatic rings. The molecule has 0 atom stereocenters. The molecule has 2 heterocycles. The molecular formula is C20H16Cl2N6O2. The summed E-state index contributed by atoms with van der Waals surface area (Å²) in [5.41, 5.74) is 3.15. The first-order chi connectivity index (χ1) is 14.5. The summed E-state index contributed by atoms with van der Waals surface area (Å²) < 4.78 is 7.29. The van der Waals surface area contributed by atoms with Gasteiger partial charge in [-0.15, -0.1) is 5.10 Å². The highest BCUT2D eigenvalue weighted by molar-refractivity contribution is 6.36. The molecule has 0 fully saturated rings. The van der Waals surface area contributed by atoms with Gasteiger partial charge in [-0.05, 0) is 59.3 Å². The summed E-state index contributed by atoms with van der Waals surface area (Å²) >= 11 is 12.1. The minimum atomic E-state index is -0.145. The molecule has 2 aromatic carbocycles. The third-order valence-electron chi connectivity index (χ3n) is 4.39. The van der Waals surface area contributed by atoms with Gasteiger partial charge in [0.05, 0.1) is 16.9 Å². The van der Waals surface area contributed by atoms with E-state index >= 15 is 0 Å². The first-order valence-corrected chi connectivity index (χ1v) is 9.79. The second-order valence-electron chi connectivity index (χ2n) is 6.55. The highest BCUT2D eigenvalue weighted by Gasteiger charge is 2.12. The topological polar surface area (TPSA) is 98.7 Å². The van der Waals surface area contributed by atoms with E-state index in [0.29, 0.717) is 39.4 Å². The predicted molar refractivity (Wildman–Crippen MR) is 113 cm³/mol. The number of carbonyl (C=O) groups excluding carboxylic acids is 1. The maximum atomic E-state index is 12.3. The molecule has 1 amide bonds. The quantitative estimate of drug-likeness (QED) is 0.471. The number of nitrogens with zero attached hydrogens (tertiary/aromatic N) is 5. The van der Waals surface area contributed by atoms with Crippen LogP contribution in [-0.2, 0) is 11.2 Å². The lowest BCUT2D eigenvalue weighted by Crippen LogP contribution is -2.12. The van der Waals surface area contributed by atoms with Crippen molar-refractivity contribution in [2.45, 2.75) is 19.8 Å². The van der Waals surface area contributed by atoms with Crippen molar-refractivity contribution in [2.75, 3.05) is 5.32 Å². The normalized spacial score (nSPS) is 10.9. The molecule has 8 nitrogen and oxygen atoms in total. The van der Waals surface area contributed by atoms with Crippen molar-refractivity contribution in [3.63, 3.8) is 0 Å². The van der Waals surface area contributed by atoms with E-state index in [0.717, 1.165) is 11.3 Å². The standard InChI is InChI=1S/C20H16Cl2N6O2/c1-12-8-14(3-5-17(12)28-11-24-26-27-28)25-19(29)6-7-20-23-10-18(30-20)15-4-2-13(21)9-16(15)22/h2-5,8-11H,6-7H2,1H3,(H,25,29). The van der Waals surface area contributed by atoms with Gasteiger partial charge in [0.15, 0.2) is 11.7 Å². The van der Waals surface area contributed by atoms with Crippen molar-refractivity contribution in [3.8, 4) is 17.0 Å². The smallest absolute Gasteiger partial charge is 0.224 e. The fourth-order valence-corrected chi connectivity index (χ4v) is 3.45. The van der Waals surface area contributed by atoms with Crippen LogP contribution in [0.5, 0.6) is 0 Å². The number of rotatable bonds is 6. The Balaban J connectivity index is 1.36. The fraction of sp³-hybridized carbons (Fsp3) is 0.150. The van der Waals surface area contributed by atoms with Gasteiger partial charge in [0, 0.05) is 29.1 Å². The summed E-state index contributed by atoms with van der Waals surface area (Å²) in [5, 5.41) is 15.0. The summed E-state index contributed by atoms with van der Waals surface area (Å²) in [6.45, 7) is 1.92. The van der Waals surface area contributed by atoms with Crippen molar-refractivity contribution in [1.29, 1.82) is 0 Å². The number of aryl methyl sites for hydroxylation is 2. The zero-order chi connectivity index (χ0) is 21.1. The molecule has 10 heteroatoms. The average molecular weight is 443 g/mol. The second-order valence-corrected chi connectivity index (χ2v) is 7.39. The van der Waals surface area contributed by atoms with E-state index < -0.39 is 0 Å². The zero-order valence-corrected chi connectivity index (χ0v) is 17.4. The molecule has 0 spiro atoms. The van der Waals surface area contributed by atoms with Gasteiger partial charge in [0.2, 0.25) is 5.91 Å². The highest BCUT2D eigenvalue weighted by atomic mass is 35.5. The van der Waals surface area contributed by atoms with Crippen LogP contribution in [0.25, 0.3) is 17.0 Å². The summed E-state index contributed by atoms with van der Waals surface area (Å²) in [5.74, 6) is 0.839. The SMILES string of the molecule is Cc1cc(NC(=O)CCc2ncc(-c3ccc(Cl)cc3Cl)o2)ccc1-n1cnnn1. The highest BCUT2D eigenvalue weighted by Crippen LogP contribution is 2.30. The molecule has 0 unspecified atom stereocenters. The van der Waals surface area contributed by atoms with E-state index in [-0.39, 0.29) is 12.3 Å². The van der Waals surface area contributed by atoms with Crippen LogP contribution in [0, 0.1) is 6.92 Å². The van der Waals surface area contributed by atoms with Crippen LogP contribution in [0.1, 0.15) is 17.9 Å². The maximum Gasteiger partial charge on any atom is 0.224 e. The van der Waals surface area contributed by atoms with Crippen LogP contribution < -0.4 is 5.32 Å². The molecular weight excluding hydrogens is 427 g/mol. The number of anilines is 1. The largest absolute Gasteiger partial charge is 0.441 e. The number of hydrogen-bond donors (Lipinski definition) is 1. The molecule has 0 saturated heterocycles. The second kappa shape index (κ2) is 8.64. The molecule has 0 bridgehead atoms. The van der Waals surface area contributed by atoms with Crippen molar-refractivity contribution < 1.29 is 9.21 Å². The molecule has 4 aromatic rings. The third kappa shape index (κ3) is 4.50. The van der Waals surface area contributed by atoms with Crippen LogP contribution >= 0.6 is 23.2 Å². The Morgan fingerprint density at radius 1 is 1.20 bits per heavy atom. The maximum absolute atomic E-state index is 12.3. The zero-order valence-electron chi connectivity index (χ0n) is 15.8. The van der Waals surface area contributed by atoms with E-state index in [1.54, 1.807) is 35.1 Å². The molecule has 1 N–H and O–H groups in total. The number of amides is 1. The number of carbonyl (C=O) groups is 1. The van der Waals surface area contributed by atoms with E-state index in [9.17, 15) is 4.79 Å². The van der Waals surface area contributed by atoms with Gasteiger partial charge in [-0.25, -0.2) is 9.67 Å². The predicted octanol–water partition coefficient (Wildman–Crippen LogP) is 4.50. The number of hydrogen-bond acceptors (Lipinski definition) is 6. The molecule has 0 aliphatic carbocycles. The number of oxazole rings is 1. The van der Waals surface area contributed by atoms with Gasteiger partial charge in [-0.2, -0.15) is 0 Å². The van der Waals surface area contributed by atoms with Crippen LogP contribution in [-0.4, -0.2) is 31.1 Å². The lowest BCUT2D eigenvalue weighted by Gasteiger charge is -2.09. The Kier molecular flexibility index (Phi) is 5.78. The molecule has 0 saturated carbocycles. The van der Waals surface area contributed by atoms with Crippen molar-refractivity contribution >= 4 is 34.8 Å². The Hall–Kier alpha value is -3.23. The Morgan fingerprint density at radius 2 is 2.07 bits per heavy atom. The average Bonchev–Trinajstić information content (AvgIpc) is 3.39. The van der Waals surface area contributed by atoms with Crippen molar-refractivity contribution in [3.05, 3.63) is 70.4 Å². The van der Waals surface area contributed by atoms with Crippen molar-refractivity contribution in [1.82, 2.24) is 25.2 Å². The molecule has 0 aliphatic heterocycles. The Morgan fingerprint density at radius 3 is 2.80 bits per heavy atom. The van der Waals surface area contributed by atoms with Gasteiger partial charge in [0.1, 0.15) is 6.33 Å². The summed E-state index contributed by atoms with van der Waals surface area (Å²) in [6, 6.07) is 10.6. The molecule has 2 aromatic heterocycles. The number of benzene rings is 2. The summed E-state index contributed by atoms with van der Waals surface area (Å²) in [7, 11) is 0. The van der Waals surface area contributed by atoms with E-state index in [4.69, 9.17) is 27.6 Å². The van der Waals surface area contributed by atoms with Crippen molar-refractivity contribution in [2.24, 2.45) is 0 Å². The van der Waals surface area contributed by atoms with E-state index in [1.807, 2.05) is 19.1 Å². The Bertz CT molecular complexity index is 1190. The van der Waals surface area contributed by atoms with Crippen LogP contribution in [0.3, 0.4) is 0 Å². The number of nitrogens with one attached hydrogen (secondary N) is 1. The van der Waals surface area contributed by atoms with Crippen LogP contribution in [0.15, 0.2) is 53.3 Å². The molecule has 152 valence electrons. The molecule has 4 rings (SSSR count). The number of halogens is 2. The van der Waals surface area contributed by atoms with Gasteiger partial charge in [-0.1, -0.05) is 23.2 Å². The third-order valence-corrected chi connectivity index (χ3v) is 4.94. The summed E-state index contributed by atoms with van der Waals surface area (Å²) in [4.78, 5) is 16.6. The van der Waals surface area contributed by atoms with Gasteiger partial charge < -0.3 is 9.73 Å². The first kappa shape index (κ1) is 20.1. The lowest BCUT2D eigenvalue weighted by molar-refractivity contribution is -0.116. The van der Waals surface area contributed by atoms with E-state index in [1.165, 1.54) is 6.33 Å². The molecule has 30 heavy (non-hydrogen) atoms. The molecule has 0 radical (unpaired) electrons. The minimum Gasteiger partial charge on any atom is -0.441 e. The first-order valence-electron chi connectivity index (χ1n) is 9.03. The van der Waals surface area contributed by atoms with Crippen LogP contribution in [0.2, 0.25) is 10.0 Å². The minimum absolute atomic E-state index is 0.145. The number of aromatic nitrogens is 5. The Labute approximate surface area is 181 Å².